The number of hydrogen-bond acceptors (Lipinski definition) is 5. The molecule has 6 nitrogen and oxygen atoms in total. The number of carboxylic acid groups (broad SMARTS) is 1. The summed E-state index contributed by atoms with van der Waals surface area (Å²) in [4.78, 5) is 11.1. The lowest BCUT2D eigenvalue weighted by atomic mass is 9.89. The van der Waals surface area contributed by atoms with Crippen molar-refractivity contribution in [3.05, 3.63) is 76.3 Å². The molecule has 0 aliphatic carbocycles. The summed E-state index contributed by atoms with van der Waals surface area (Å²) in [5, 5.41) is 12.8. The second-order valence-electron chi connectivity index (χ2n) is 10.1. The van der Waals surface area contributed by atoms with E-state index in [2.05, 4.69) is 56.4 Å². The van der Waals surface area contributed by atoms with Crippen LogP contribution >= 0.6 is 0 Å². The predicted molar refractivity (Wildman–Crippen MR) is 144 cm³/mol. The summed E-state index contributed by atoms with van der Waals surface area (Å²) < 4.78 is 17.9. The van der Waals surface area contributed by atoms with Gasteiger partial charge in [0.05, 0.1) is 19.1 Å². The summed E-state index contributed by atoms with van der Waals surface area (Å²) in [6.07, 6.45) is 2.40. The lowest BCUT2D eigenvalue weighted by Gasteiger charge is -2.18. The molecule has 0 saturated heterocycles. The minimum atomic E-state index is -0.814. The fourth-order valence-electron chi connectivity index (χ4n) is 5.54. The molecule has 5 rings (SSSR count). The van der Waals surface area contributed by atoms with Crippen LogP contribution in [-0.2, 0) is 11.4 Å². The molecule has 0 amide bonds. The van der Waals surface area contributed by atoms with Gasteiger partial charge in [-0.2, -0.15) is 0 Å². The van der Waals surface area contributed by atoms with Crippen LogP contribution in [0, 0.1) is 13.8 Å². The van der Waals surface area contributed by atoms with Gasteiger partial charge >= 0.3 is 5.97 Å². The normalized spacial score (nSPS) is 17.6. The van der Waals surface area contributed by atoms with Gasteiger partial charge in [0.15, 0.2) is 0 Å². The third kappa shape index (κ3) is 5.30. The van der Waals surface area contributed by atoms with Crippen LogP contribution in [0.4, 0.5) is 0 Å². The first-order valence-corrected chi connectivity index (χ1v) is 13.2. The van der Waals surface area contributed by atoms with E-state index in [1.807, 2.05) is 18.2 Å². The zero-order valence-corrected chi connectivity index (χ0v) is 21.8. The van der Waals surface area contributed by atoms with E-state index in [1.54, 1.807) is 0 Å². The molecule has 3 aromatic rings. The Balaban J connectivity index is 1.33. The molecule has 37 heavy (non-hydrogen) atoms. The summed E-state index contributed by atoms with van der Waals surface area (Å²) in [5.74, 6) is 1.50. The number of nitrogens with one attached hydrogen (secondary N) is 1. The standard InChI is InChI=1S/C31H35NO5/c1-4-5-11-32-26-18-37-28-12-19(2)30(20(3)31(26)28)22-8-6-7-21(13-22)16-35-24-9-10-25-23(14-29(33)34)17-36-27(25)15-24/h6-10,12-13,15,23,26,32H,4-5,11,14,16-18H2,1-3H3,(H,33,34). The molecule has 0 bridgehead atoms. The summed E-state index contributed by atoms with van der Waals surface area (Å²) in [6.45, 7) is 9.06. The molecule has 2 N–H and O–H groups in total. The number of aliphatic carboxylic acids is 1. The molecule has 0 radical (unpaired) electrons. The third-order valence-corrected chi connectivity index (χ3v) is 7.37. The molecule has 2 atom stereocenters. The second kappa shape index (κ2) is 10.9. The predicted octanol–water partition coefficient (Wildman–Crippen LogP) is 6.32. The Bertz CT molecular complexity index is 1300. The quantitative estimate of drug-likeness (QED) is 0.317. The van der Waals surface area contributed by atoms with E-state index in [4.69, 9.17) is 19.3 Å². The number of hydrogen-bond donors (Lipinski definition) is 2. The highest BCUT2D eigenvalue weighted by molar-refractivity contribution is 5.75. The first kappa shape index (κ1) is 25.2. The minimum absolute atomic E-state index is 0.0726. The van der Waals surface area contributed by atoms with Crippen LogP contribution in [0.5, 0.6) is 17.2 Å². The second-order valence-corrected chi connectivity index (χ2v) is 10.1. The van der Waals surface area contributed by atoms with Crippen molar-refractivity contribution in [3.63, 3.8) is 0 Å². The molecule has 6 heteroatoms. The van der Waals surface area contributed by atoms with Crippen molar-refractivity contribution < 1.29 is 24.1 Å². The number of fused-ring (bicyclic) bond motifs is 2. The Morgan fingerprint density at radius 1 is 1.08 bits per heavy atom. The number of aryl methyl sites for hydroxylation is 1. The number of carbonyl (C=O) groups is 1. The smallest absolute Gasteiger partial charge is 0.304 e. The van der Waals surface area contributed by atoms with E-state index in [0.29, 0.717) is 31.3 Å². The van der Waals surface area contributed by atoms with E-state index < -0.39 is 5.97 Å². The first-order chi connectivity index (χ1) is 17.9. The van der Waals surface area contributed by atoms with Crippen molar-refractivity contribution in [1.29, 1.82) is 0 Å². The molecule has 0 spiro atoms. The molecule has 2 heterocycles. The molecule has 194 valence electrons. The van der Waals surface area contributed by atoms with Crippen molar-refractivity contribution >= 4 is 5.97 Å². The Morgan fingerprint density at radius 3 is 2.73 bits per heavy atom. The van der Waals surface area contributed by atoms with Crippen molar-refractivity contribution in [2.45, 2.75) is 58.6 Å². The minimum Gasteiger partial charge on any atom is -0.492 e. The number of rotatable bonds is 10. The first-order valence-electron chi connectivity index (χ1n) is 13.2. The van der Waals surface area contributed by atoms with Crippen LogP contribution in [0.3, 0.4) is 0 Å². The maximum Gasteiger partial charge on any atom is 0.304 e. The van der Waals surface area contributed by atoms with Crippen LogP contribution in [0.2, 0.25) is 0 Å². The van der Waals surface area contributed by atoms with Crippen molar-refractivity contribution in [1.82, 2.24) is 5.32 Å². The van der Waals surface area contributed by atoms with Gasteiger partial charge in [-0.3, -0.25) is 4.79 Å². The van der Waals surface area contributed by atoms with Crippen LogP contribution in [0.15, 0.2) is 48.5 Å². The van der Waals surface area contributed by atoms with Crippen LogP contribution < -0.4 is 19.5 Å². The summed E-state index contributed by atoms with van der Waals surface area (Å²) in [7, 11) is 0. The zero-order chi connectivity index (χ0) is 25.9. The maximum atomic E-state index is 11.1. The average molecular weight is 502 g/mol. The van der Waals surface area contributed by atoms with Gasteiger partial charge in [0.25, 0.3) is 0 Å². The zero-order valence-electron chi connectivity index (χ0n) is 21.8. The Labute approximate surface area is 218 Å². The van der Waals surface area contributed by atoms with Gasteiger partial charge in [0.2, 0.25) is 0 Å². The SMILES string of the molecule is CCCCNC1COc2cc(C)c(-c3cccc(COc4ccc5c(c4)OCC5CC(=O)O)c3)c(C)c21. The highest BCUT2D eigenvalue weighted by Gasteiger charge is 2.29. The summed E-state index contributed by atoms with van der Waals surface area (Å²) in [5.41, 5.74) is 8.19. The summed E-state index contributed by atoms with van der Waals surface area (Å²) >= 11 is 0. The largest absolute Gasteiger partial charge is 0.492 e. The van der Waals surface area contributed by atoms with Gasteiger partial charge in [0, 0.05) is 23.1 Å². The van der Waals surface area contributed by atoms with Crippen LogP contribution in [0.25, 0.3) is 11.1 Å². The lowest BCUT2D eigenvalue weighted by molar-refractivity contribution is -0.137. The Hall–Kier alpha value is -3.51. The van der Waals surface area contributed by atoms with Gasteiger partial charge in [-0.25, -0.2) is 0 Å². The van der Waals surface area contributed by atoms with Gasteiger partial charge < -0.3 is 24.6 Å². The van der Waals surface area contributed by atoms with Crippen LogP contribution in [0.1, 0.15) is 66.0 Å². The van der Waals surface area contributed by atoms with Crippen molar-refractivity contribution in [2.75, 3.05) is 19.8 Å². The number of unbranched alkanes of at least 4 members (excludes halogenated alkanes) is 1. The molecule has 2 aliphatic heterocycles. The topological polar surface area (TPSA) is 77.0 Å². The lowest BCUT2D eigenvalue weighted by Crippen LogP contribution is -2.24. The highest BCUT2D eigenvalue weighted by atomic mass is 16.5. The monoisotopic (exact) mass is 501 g/mol. The molecular formula is C31H35NO5. The summed E-state index contributed by atoms with van der Waals surface area (Å²) in [6, 6.07) is 16.6. The highest BCUT2D eigenvalue weighted by Crippen LogP contribution is 2.42. The number of carboxylic acids is 1. The molecule has 2 unspecified atom stereocenters. The molecule has 2 aliphatic rings. The van der Waals surface area contributed by atoms with E-state index in [1.165, 1.54) is 34.2 Å². The fourth-order valence-corrected chi connectivity index (χ4v) is 5.54. The molecule has 3 aromatic carbocycles. The number of ether oxygens (including phenoxy) is 3. The molecule has 0 saturated carbocycles. The molecule has 0 fully saturated rings. The third-order valence-electron chi connectivity index (χ3n) is 7.37. The van der Waals surface area contributed by atoms with Crippen molar-refractivity contribution in [2.24, 2.45) is 0 Å². The van der Waals surface area contributed by atoms with E-state index in [-0.39, 0.29) is 18.4 Å². The maximum absolute atomic E-state index is 11.1. The van der Waals surface area contributed by atoms with E-state index in [0.717, 1.165) is 29.8 Å². The average Bonchev–Trinajstić information content (AvgIpc) is 3.46. The van der Waals surface area contributed by atoms with Gasteiger partial charge in [-0.15, -0.1) is 0 Å². The van der Waals surface area contributed by atoms with Gasteiger partial charge in [-0.1, -0.05) is 37.6 Å². The number of benzene rings is 3. The van der Waals surface area contributed by atoms with Crippen LogP contribution in [-0.4, -0.2) is 30.8 Å². The van der Waals surface area contributed by atoms with Crippen molar-refractivity contribution in [3.8, 4) is 28.4 Å². The Kier molecular flexibility index (Phi) is 7.38. The van der Waals surface area contributed by atoms with E-state index >= 15 is 0 Å². The van der Waals surface area contributed by atoms with Gasteiger partial charge in [0.1, 0.15) is 30.5 Å². The Morgan fingerprint density at radius 2 is 1.92 bits per heavy atom. The van der Waals surface area contributed by atoms with E-state index in [9.17, 15) is 4.79 Å². The molecular weight excluding hydrogens is 466 g/mol. The fraction of sp³-hybridized carbons (Fsp3) is 0.387. The van der Waals surface area contributed by atoms with Gasteiger partial charge in [-0.05, 0) is 72.8 Å². The molecule has 0 aromatic heterocycles.